The number of alkyl halides is 3. The summed E-state index contributed by atoms with van der Waals surface area (Å²) < 4.78 is 81.6. The Balaban J connectivity index is 1.05. The van der Waals surface area contributed by atoms with E-state index in [4.69, 9.17) is 23.9 Å². The van der Waals surface area contributed by atoms with E-state index < -0.39 is 61.0 Å². The maximum atomic E-state index is 16.9. The molecule has 0 aliphatic carbocycles. The normalized spacial score (nSPS) is 19.4. The number of benzene rings is 3. The van der Waals surface area contributed by atoms with Gasteiger partial charge in [-0.05, 0) is 67.1 Å². The van der Waals surface area contributed by atoms with Crippen LogP contribution in [-0.2, 0) is 19.1 Å². The van der Waals surface area contributed by atoms with Crippen molar-refractivity contribution in [3.8, 4) is 45.3 Å². The Bertz CT molecular complexity index is 2990. The third kappa shape index (κ3) is 9.43. The monoisotopic (exact) mass is 983 g/mol. The predicted molar refractivity (Wildman–Crippen MR) is 250 cm³/mol. The van der Waals surface area contributed by atoms with Gasteiger partial charge in [-0.2, -0.15) is 8.78 Å². The van der Waals surface area contributed by atoms with Gasteiger partial charge in [-0.1, -0.05) is 45.9 Å². The van der Waals surface area contributed by atoms with E-state index in [1.54, 1.807) is 47.7 Å². The number of ether oxygens (including phenoxy) is 4. The molecule has 6 atom stereocenters. The number of methoxy groups -OCH3 is 2. The van der Waals surface area contributed by atoms with Crippen LogP contribution in [0.5, 0.6) is 11.5 Å². The molecule has 3 aromatic heterocycles. The second-order valence-electron chi connectivity index (χ2n) is 18.5. The summed E-state index contributed by atoms with van der Waals surface area (Å²) in [5, 5.41) is 5.89. The van der Waals surface area contributed by atoms with Crippen LogP contribution >= 0.6 is 0 Å². The number of rotatable bonds is 13. The minimum atomic E-state index is -3.09. The molecule has 3 aliphatic rings. The Morgan fingerprint density at radius 2 is 1.45 bits per heavy atom. The molecular formula is C50H53F4N9O8. The molecule has 374 valence electrons. The lowest BCUT2D eigenvalue weighted by atomic mass is 10.0. The summed E-state index contributed by atoms with van der Waals surface area (Å²) >= 11 is 0. The highest BCUT2D eigenvalue weighted by molar-refractivity contribution is 5.93. The summed E-state index contributed by atoms with van der Waals surface area (Å²) in [5.41, 5.74) is 3.67. The topological polar surface area (TPSA) is 198 Å². The smallest absolute Gasteiger partial charge is 0.407 e. The van der Waals surface area contributed by atoms with Crippen molar-refractivity contribution in [1.82, 2.24) is 44.9 Å². The second kappa shape index (κ2) is 19.7. The SMILES string of the molecule is COC(=O)N[C@H](C(=O)N1CCC[C@H]1c1ncc(-c2ccc3c(c2)cc2n3C(c3cccc(OC(F)F)c3)Oc3cc(-c4cnc([C@@H]5C[C@@H](F)CN5C(=O)[C@@H](NC(=O)OC)C(C)C)[nH]4)cc(F)c3-2)[nH]1)C(C)C. The number of imidazole rings is 2. The molecule has 0 bridgehead atoms. The highest BCUT2D eigenvalue weighted by Gasteiger charge is 2.42. The molecule has 3 aliphatic heterocycles. The van der Waals surface area contributed by atoms with Gasteiger partial charge >= 0.3 is 18.8 Å². The first kappa shape index (κ1) is 48.4. The molecule has 4 amide bonds. The zero-order valence-corrected chi connectivity index (χ0v) is 39.7. The molecule has 0 radical (unpaired) electrons. The van der Waals surface area contributed by atoms with Gasteiger partial charge < -0.3 is 53.9 Å². The molecule has 4 N–H and O–H groups in total. The molecule has 0 spiro atoms. The van der Waals surface area contributed by atoms with Crippen molar-refractivity contribution in [3.05, 3.63) is 96.1 Å². The largest absolute Gasteiger partial charge is 0.465 e. The van der Waals surface area contributed by atoms with E-state index in [1.165, 1.54) is 43.5 Å². The average Bonchev–Trinajstić information content (AvgIpc) is 4.21. The fourth-order valence-electron chi connectivity index (χ4n) is 9.83. The Hall–Kier alpha value is -7.58. The van der Waals surface area contributed by atoms with Gasteiger partial charge in [-0.3, -0.25) is 9.59 Å². The first-order valence-electron chi connectivity index (χ1n) is 23.3. The maximum absolute atomic E-state index is 16.9. The Labute approximate surface area is 405 Å². The number of alkyl carbamates (subject to hydrolysis) is 2. The third-order valence-electron chi connectivity index (χ3n) is 13.3. The van der Waals surface area contributed by atoms with E-state index in [1.807, 2.05) is 38.1 Å². The Kier molecular flexibility index (Phi) is 13.4. The summed E-state index contributed by atoms with van der Waals surface area (Å²) in [7, 11) is 2.42. The van der Waals surface area contributed by atoms with Crippen molar-refractivity contribution in [3.63, 3.8) is 0 Å². The molecule has 2 fully saturated rings. The predicted octanol–water partition coefficient (Wildman–Crippen LogP) is 8.80. The standard InChI is InChI=1S/C50H53F4N9O8/c1-24(2)41(59-49(66)68-5)45(64)61-14-8-11-36(61)43-55-21-33(57-43)26-12-13-35-29(15-26)18-37-40-32(52)17-28(19-39(40)71-47(63(35)37)27-9-7-10-31(16-27)70-48(53)54)34-22-56-44(58-34)38-20-30(51)23-62(38)46(65)42(25(3)4)60-50(67)69-6/h7,9-10,12-13,15-19,21-22,24-25,30,36,38,41-42,47-48H,8,11,14,20,23H2,1-6H3,(H,55,57)(H,56,58)(H,59,66)(H,60,67)/t30-,36+,38+,41+,42+,47?/m1/s1. The first-order chi connectivity index (χ1) is 34.0. The van der Waals surface area contributed by atoms with Crippen LogP contribution in [0.1, 0.15) is 82.5 Å². The van der Waals surface area contributed by atoms with Gasteiger partial charge in [0.1, 0.15) is 47.2 Å². The van der Waals surface area contributed by atoms with Crippen molar-refractivity contribution < 1.29 is 55.7 Å². The number of nitrogens with one attached hydrogen (secondary N) is 4. The van der Waals surface area contributed by atoms with Crippen molar-refractivity contribution in [2.24, 2.45) is 11.8 Å². The highest BCUT2D eigenvalue weighted by Crippen LogP contribution is 2.48. The van der Waals surface area contributed by atoms with E-state index in [2.05, 4.69) is 25.6 Å². The van der Waals surface area contributed by atoms with Gasteiger partial charge in [-0.15, -0.1) is 0 Å². The van der Waals surface area contributed by atoms with Crippen LogP contribution in [0.25, 0.3) is 44.7 Å². The highest BCUT2D eigenvalue weighted by atomic mass is 19.3. The van der Waals surface area contributed by atoms with Crippen molar-refractivity contribution >= 4 is 34.9 Å². The maximum Gasteiger partial charge on any atom is 0.407 e. The second-order valence-corrected chi connectivity index (χ2v) is 18.5. The fraction of sp³-hybridized carbons (Fsp3) is 0.400. The number of carbonyl (C=O) groups excluding carboxylic acids is 4. The molecule has 9 rings (SSSR count). The van der Waals surface area contributed by atoms with Crippen molar-refractivity contribution in [2.75, 3.05) is 27.3 Å². The summed E-state index contributed by atoms with van der Waals surface area (Å²) in [6.45, 7) is 4.35. The van der Waals surface area contributed by atoms with Gasteiger partial charge in [0.05, 0.1) is 73.4 Å². The number of fused-ring (bicyclic) bond motifs is 5. The van der Waals surface area contributed by atoms with Crippen LogP contribution in [0.2, 0.25) is 0 Å². The Morgan fingerprint density at radius 1 is 0.803 bits per heavy atom. The summed E-state index contributed by atoms with van der Waals surface area (Å²) in [5.74, 6) is -1.11. The van der Waals surface area contributed by atoms with Crippen LogP contribution < -0.4 is 20.1 Å². The summed E-state index contributed by atoms with van der Waals surface area (Å²) in [4.78, 5) is 70.6. The number of likely N-dealkylation sites (tertiary alicyclic amines) is 2. The number of aromatic nitrogens is 5. The van der Waals surface area contributed by atoms with Crippen LogP contribution in [-0.4, -0.2) is 110 Å². The quantitative estimate of drug-likeness (QED) is 0.0812. The van der Waals surface area contributed by atoms with E-state index in [-0.39, 0.29) is 59.6 Å². The van der Waals surface area contributed by atoms with Gasteiger partial charge in [-0.25, -0.2) is 28.3 Å². The van der Waals surface area contributed by atoms with Crippen molar-refractivity contribution in [1.29, 1.82) is 0 Å². The third-order valence-corrected chi connectivity index (χ3v) is 13.3. The van der Waals surface area contributed by atoms with Crippen LogP contribution in [0.3, 0.4) is 0 Å². The number of halogens is 4. The van der Waals surface area contributed by atoms with Gasteiger partial charge in [0.25, 0.3) is 0 Å². The molecule has 21 heteroatoms. The van der Waals surface area contributed by atoms with Gasteiger partial charge in [0.2, 0.25) is 18.0 Å². The number of carbonyl (C=O) groups is 4. The number of amides is 4. The van der Waals surface area contributed by atoms with E-state index in [0.29, 0.717) is 57.9 Å². The minimum absolute atomic E-state index is 0.0656. The fourth-order valence-corrected chi connectivity index (χ4v) is 9.83. The van der Waals surface area contributed by atoms with Gasteiger partial charge in [0, 0.05) is 35.0 Å². The molecule has 17 nitrogen and oxygen atoms in total. The zero-order valence-electron chi connectivity index (χ0n) is 39.7. The number of aromatic amines is 2. The minimum Gasteiger partial charge on any atom is -0.465 e. The van der Waals surface area contributed by atoms with Crippen LogP contribution in [0.4, 0.5) is 27.2 Å². The number of hydrogen-bond donors (Lipinski definition) is 4. The van der Waals surface area contributed by atoms with Gasteiger partial charge in [0.15, 0.2) is 0 Å². The van der Waals surface area contributed by atoms with Crippen molar-refractivity contribution in [2.45, 2.75) is 90.1 Å². The van der Waals surface area contributed by atoms with E-state index in [0.717, 1.165) is 12.0 Å². The molecule has 3 aromatic carbocycles. The van der Waals surface area contributed by atoms with Crippen LogP contribution in [0, 0.1) is 17.7 Å². The lowest BCUT2D eigenvalue weighted by Gasteiger charge is -2.31. The van der Waals surface area contributed by atoms with E-state index >= 15 is 8.78 Å². The molecular weight excluding hydrogens is 931 g/mol. The molecule has 2 saturated heterocycles. The molecule has 71 heavy (non-hydrogen) atoms. The lowest BCUT2D eigenvalue weighted by Crippen LogP contribution is -2.51. The average molecular weight is 984 g/mol. The zero-order chi connectivity index (χ0) is 50.4. The summed E-state index contributed by atoms with van der Waals surface area (Å²) in [6, 6.07) is 13.4. The van der Waals surface area contributed by atoms with Crippen LogP contribution in [0.15, 0.2) is 73.1 Å². The molecule has 1 unspecified atom stereocenters. The lowest BCUT2D eigenvalue weighted by molar-refractivity contribution is -0.136. The number of nitrogens with zero attached hydrogens (tertiary/aromatic N) is 5. The molecule has 0 saturated carbocycles. The first-order valence-corrected chi connectivity index (χ1v) is 23.3. The number of H-pyrrole nitrogens is 2. The Morgan fingerprint density at radius 3 is 2.10 bits per heavy atom. The number of hydrogen-bond acceptors (Lipinski definition) is 10. The molecule has 6 aromatic rings. The summed E-state index contributed by atoms with van der Waals surface area (Å²) in [6.07, 6.45) is 0.583. The van der Waals surface area contributed by atoms with E-state index in [9.17, 15) is 28.0 Å². The molecule has 6 heterocycles.